The van der Waals surface area contributed by atoms with Crippen molar-refractivity contribution in [2.45, 2.75) is 11.8 Å². The zero-order valence-electron chi connectivity index (χ0n) is 16.1. The van der Waals surface area contributed by atoms with Crippen LogP contribution in [0.25, 0.3) is 0 Å². The molecule has 1 fully saturated rings. The molecule has 30 heavy (non-hydrogen) atoms. The van der Waals surface area contributed by atoms with E-state index in [0.717, 1.165) is 12.1 Å². The molecule has 0 radical (unpaired) electrons. The second kappa shape index (κ2) is 8.59. The van der Waals surface area contributed by atoms with E-state index in [1.54, 1.807) is 24.3 Å². The molecule has 1 aliphatic rings. The predicted octanol–water partition coefficient (Wildman–Crippen LogP) is 2.34. The van der Waals surface area contributed by atoms with Crippen LogP contribution in [0.5, 0.6) is 0 Å². The van der Waals surface area contributed by atoms with E-state index in [2.05, 4.69) is 5.32 Å². The maximum Gasteiger partial charge on any atom is 0.321 e. The van der Waals surface area contributed by atoms with Crippen LogP contribution in [0.2, 0.25) is 0 Å². The monoisotopic (exact) mass is 432 g/mol. The van der Waals surface area contributed by atoms with Gasteiger partial charge in [0.05, 0.1) is 9.82 Å². The van der Waals surface area contributed by atoms with E-state index in [0.29, 0.717) is 11.3 Å². The van der Waals surface area contributed by atoms with Gasteiger partial charge in [-0.2, -0.15) is 4.31 Å². The number of piperazine rings is 1. The summed E-state index contributed by atoms with van der Waals surface area (Å²) in [5.41, 5.74) is 0.768. The number of Topliss-reactive ketones (excluding diaryl/α,β-unsaturated/α-hetero) is 1. The van der Waals surface area contributed by atoms with Crippen molar-refractivity contribution in [3.8, 4) is 0 Å². The second-order valence-electron chi connectivity index (χ2n) is 6.71. The molecule has 1 N–H and O–H groups in total. The minimum Gasteiger partial charge on any atom is -0.322 e. The Morgan fingerprint density at radius 2 is 1.67 bits per heavy atom. The molecule has 1 heterocycles. The lowest BCUT2D eigenvalue weighted by Gasteiger charge is -2.34. The van der Waals surface area contributed by atoms with Crippen molar-refractivity contribution in [2.24, 2.45) is 0 Å². The molecular weight excluding hydrogens is 412 g/mol. The van der Waals surface area contributed by atoms with Gasteiger partial charge in [0.15, 0.2) is 5.78 Å². The van der Waals surface area contributed by atoms with Crippen LogP contribution < -0.4 is 5.32 Å². The number of nitrogens with one attached hydrogen (secondary N) is 1. The van der Waals surface area contributed by atoms with E-state index in [4.69, 9.17) is 0 Å². The first kappa shape index (κ1) is 21.4. The number of nitrogens with zero attached hydrogens (tertiary/aromatic N) is 3. The molecule has 0 unspecified atom stereocenters. The van der Waals surface area contributed by atoms with Crippen LogP contribution in [-0.2, 0) is 10.0 Å². The van der Waals surface area contributed by atoms with E-state index in [9.17, 15) is 28.1 Å². The first-order valence-electron chi connectivity index (χ1n) is 9.10. The van der Waals surface area contributed by atoms with Gasteiger partial charge in [0, 0.05) is 49.6 Å². The minimum atomic E-state index is -3.81. The van der Waals surface area contributed by atoms with E-state index < -0.39 is 14.9 Å². The number of ketones is 1. The highest BCUT2D eigenvalue weighted by atomic mass is 32.2. The Morgan fingerprint density at radius 1 is 1.03 bits per heavy atom. The van der Waals surface area contributed by atoms with Crippen LogP contribution in [0.4, 0.5) is 16.2 Å². The topological polar surface area (TPSA) is 130 Å². The van der Waals surface area contributed by atoms with Gasteiger partial charge < -0.3 is 10.2 Å². The summed E-state index contributed by atoms with van der Waals surface area (Å²) in [5.74, 6) is -0.115. The summed E-state index contributed by atoms with van der Waals surface area (Å²) in [4.78, 5) is 35.5. The second-order valence-corrected chi connectivity index (χ2v) is 8.65. The van der Waals surface area contributed by atoms with E-state index in [1.807, 2.05) is 0 Å². The first-order chi connectivity index (χ1) is 14.2. The number of urea groups is 1. The van der Waals surface area contributed by atoms with Crippen LogP contribution in [0.15, 0.2) is 53.4 Å². The summed E-state index contributed by atoms with van der Waals surface area (Å²) >= 11 is 0. The quantitative estimate of drug-likeness (QED) is 0.438. The summed E-state index contributed by atoms with van der Waals surface area (Å²) in [6, 6.07) is 10.9. The number of nitro benzene ring substituents is 1. The number of nitro groups is 1. The molecule has 0 bridgehead atoms. The number of benzene rings is 2. The molecular formula is C19H20N4O6S. The van der Waals surface area contributed by atoms with Crippen LogP contribution in [0.1, 0.15) is 17.3 Å². The molecule has 3 rings (SSSR count). The van der Waals surface area contributed by atoms with Crippen molar-refractivity contribution in [1.82, 2.24) is 9.21 Å². The van der Waals surface area contributed by atoms with E-state index in [-0.39, 0.29) is 48.6 Å². The number of carbonyl (C=O) groups excluding carboxylic acids is 2. The Kier molecular flexibility index (Phi) is 6.13. The van der Waals surface area contributed by atoms with Crippen molar-refractivity contribution < 1.29 is 22.9 Å². The number of amides is 2. The van der Waals surface area contributed by atoms with Crippen molar-refractivity contribution in [3.05, 3.63) is 64.2 Å². The number of anilines is 1. The smallest absolute Gasteiger partial charge is 0.321 e. The number of hydrogen-bond donors (Lipinski definition) is 1. The van der Waals surface area contributed by atoms with Crippen LogP contribution in [0, 0.1) is 10.1 Å². The molecule has 11 heteroatoms. The first-order valence-corrected chi connectivity index (χ1v) is 10.5. The third kappa shape index (κ3) is 4.63. The summed E-state index contributed by atoms with van der Waals surface area (Å²) in [7, 11) is -3.81. The molecule has 0 spiro atoms. The van der Waals surface area contributed by atoms with Crippen LogP contribution >= 0.6 is 0 Å². The Bertz CT molecular complexity index is 1080. The Labute approximate surface area is 173 Å². The number of sulfonamides is 1. The highest BCUT2D eigenvalue weighted by Gasteiger charge is 2.30. The maximum atomic E-state index is 12.7. The van der Waals surface area contributed by atoms with Gasteiger partial charge in [0.1, 0.15) is 0 Å². The van der Waals surface area contributed by atoms with Crippen LogP contribution in [0.3, 0.4) is 0 Å². The van der Waals surface area contributed by atoms with Gasteiger partial charge in [-0.05, 0) is 31.2 Å². The average Bonchev–Trinajstić information content (AvgIpc) is 2.74. The maximum absolute atomic E-state index is 12.7. The zero-order valence-corrected chi connectivity index (χ0v) is 17.0. The molecule has 158 valence electrons. The third-order valence-electron chi connectivity index (χ3n) is 4.73. The van der Waals surface area contributed by atoms with Crippen molar-refractivity contribution in [3.63, 3.8) is 0 Å². The molecule has 0 saturated carbocycles. The van der Waals surface area contributed by atoms with Gasteiger partial charge in [0.25, 0.3) is 5.69 Å². The molecule has 2 aromatic carbocycles. The number of rotatable bonds is 5. The predicted molar refractivity (Wildman–Crippen MR) is 109 cm³/mol. The SMILES string of the molecule is CC(=O)c1cccc(NC(=O)N2CCN(S(=O)(=O)c3ccc([N+](=O)[O-])cc3)CC2)c1. The Morgan fingerprint density at radius 3 is 2.23 bits per heavy atom. The molecule has 10 nitrogen and oxygen atoms in total. The molecule has 1 aliphatic heterocycles. The number of carbonyl (C=O) groups is 2. The van der Waals surface area contributed by atoms with Gasteiger partial charge in [-0.15, -0.1) is 0 Å². The fraction of sp³-hybridized carbons (Fsp3) is 0.263. The molecule has 2 amide bonds. The van der Waals surface area contributed by atoms with E-state index in [1.165, 1.54) is 28.3 Å². The van der Waals surface area contributed by atoms with Gasteiger partial charge in [-0.3, -0.25) is 14.9 Å². The van der Waals surface area contributed by atoms with Gasteiger partial charge >= 0.3 is 6.03 Å². The Balaban J connectivity index is 1.62. The lowest BCUT2D eigenvalue weighted by molar-refractivity contribution is -0.384. The molecule has 0 aliphatic carbocycles. The zero-order chi connectivity index (χ0) is 21.9. The van der Waals surface area contributed by atoms with Crippen molar-refractivity contribution in [1.29, 1.82) is 0 Å². The summed E-state index contributed by atoms with van der Waals surface area (Å²) in [6.07, 6.45) is 0. The standard InChI is InChI=1S/C19H20N4O6S/c1-14(24)15-3-2-4-16(13-15)20-19(25)21-9-11-22(12-10-21)30(28,29)18-7-5-17(6-8-18)23(26)27/h2-8,13H,9-12H2,1H3,(H,20,25). The van der Waals surface area contributed by atoms with Crippen molar-refractivity contribution in [2.75, 3.05) is 31.5 Å². The summed E-state index contributed by atoms with van der Waals surface area (Å²) < 4.78 is 26.7. The molecule has 0 atom stereocenters. The average molecular weight is 432 g/mol. The van der Waals surface area contributed by atoms with E-state index >= 15 is 0 Å². The van der Waals surface area contributed by atoms with Gasteiger partial charge in [-0.25, -0.2) is 13.2 Å². The molecule has 2 aromatic rings. The van der Waals surface area contributed by atoms with Gasteiger partial charge in [-0.1, -0.05) is 12.1 Å². The lowest BCUT2D eigenvalue weighted by Crippen LogP contribution is -2.51. The minimum absolute atomic E-state index is 0.0351. The number of hydrogen-bond acceptors (Lipinski definition) is 6. The largest absolute Gasteiger partial charge is 0.322 e. The summed E-state index contributed by atoms with van der Waals surface area (Å²) in [6.45, 7) is 2.00. The fourth-order valence-electron chi connectivity index (χ4n) is 3.04. The highest BCUT2D eigenvalue weighted by Crippen LogP contribution is 2.21. The van der Waals surface area contributed by atoms with Crippen molar-refractivity contribution >= 4 is 33.2 Å². The normalized spacial score (nSPS) is 14.9. The number of non-ortho nitro benzene ring substituents is 1. The molecule has 0 aromatic heterocycles. The Hall–Kier alpha value is -3.31. The summed E-state index contributed by atoms with van der Waals surface area (Å²) in [5, 5.41) is 13.4. The molecule has 1 saturated heterocycles. The lowest BCUT2D eigenvalue weighted by atomic mass is 10.1. The van der Waals surface area contributed by atoms with Crippen LogP contribution in [-0.4, -0.2) is 60.5 Å². The fourth-order valence-corrected chi connectivity index (χ4v) is 4.46. The highest BCUT2D eigenvalue weighted by molar-refractivity contribution is 7.89. The third-order valence-corrected chi connectivity index (χ3v) is 6.64. The van der Waals surface area contributed by atoms with Gasteiger partial charge in [0.2, 0.25) is 10.0 Å².